The number of carbonyl (C=O) groups excluding carboxylic acids is 2. The Morgan fingerprint density at radius 2 is 1.86 bits per heavy atom. The molecule has 2 heterocycles. The van der Waals surface area contributed by atoms with Gasteiger partial charge in [-0.05, 0) is 68.3 Å². The summed E-state index contributed by atoms with van der Waals surface area (Å²) in [4.78, 5) is 43.5. The first-order chi connectivity index (χ1) is 16.7. The molecule has 0 bridgehead atoms. The van der Waals surface area contributed by atoms with E-state index >= 15 is 0 Å². The van der Waals surface area contributed by atoms with Crippen LogP contribution in [0.25, 0.3) is 5.69 Å². The molecule has 1 unspecified atom stereocenters. The van der Waals surface area contributed by atoms with Crippen LogP contribution in [0.2, 0.25) is 0 Å². The van der Waals surface area contributed by atoms with Crippen LogP contribution in [0.5, 0.6) is 0 Å². The molecule has 1 aromatic heterocycles. The summed E-state index contributed by atoms with van der Waals surface area (Å²) in [6.07, 6.45) is 0.732. The van der Waals surface area contributed by atoms with Crippen LogP contribution in [0.4, 0.5) is 5.69 Å². The van der Waals surface area contributed by atoms with E-state index in [2.05, 4.69) is 18.3 Å². The molecule has 1 amide bonds. The average molecular weight is 510 g/mol. The Morgan fingerprint density at radius 3 is 2.51 bits per heavy atom. The van der Waals surface area contributed by atoms with Gasteiger partial charge >= 0.3 is 5.97 Å². The highest BCUT2D eigenvalue weighted by Crippen LogP contribution is 2.35. The van der Waals surface area contributed by atoms with Crippen molar-refractivity contribution in [1.82, 2.24) is 9.55 Å². The van der Waals surface area contributed by atoms with Crippen LogP contribution in [-0.4, -0.2) is 39.0 Å². The minimum atomic E-state index is -0.402. The summed E-state index contributed by atoms with van der Waals surface area (Å²) < 4.78 is 6.60. The minimum Gasteiger partial charge on any atom is -0.462 e. The Bertz CT molecular complexity index is 1320. The number of aromatic nitrogens is 2. The molecule has 9 heteroatoms. The van der Waals surface area contributed by atoms with Gasteiger partial charge in [0, 0.05) is 17.4 Å². The van der Waals surface area contributed by atoms with Crippen molar-refractivity contribution in [3.05, 3.63) is 75.2 Å². The van der Waals surface area contributed by atoms with E-state index in [9.17, 15) is 14.4 Å². The first-order valence-corrected chi connectivity index (χ1v) is 13.2. The lowest BCUT2D eigenvalue weighted by Gasteiger charge is -2.15. The summed E-state index contributed by atoms with van der Waals surface area (Å²) in [5.74, 6) is -0.554. The van der Waals surface area contributed by atoms with Crippen molar-refractivity contribution in [2.45, 2.75) is 49.4 Å². The third kappa shape index (κ3) is 5.79. The molecule has 35 heavy (non-hydrogen) atoms. The molecule has 4 rings (SSSR count). The molecule has 0 fully saturated rings. The second-order valence-corrected chi connectivity index (χ2v) is 10.8. The van der Waals surface area contributed by atoms with E-state index in [-0.39, 0.29) is 17.2 Å². The van der Waals surface area contributed by atoms with Crippen molar-refractivity contribution in [1.29, 1.82) is 0 Å². The monoisotopic (exact) mass is 509 g/mol. The van der Waals surface area contributed by atoms with E-state index in [4.69, 9.17) is 9.72 Å². The number of thioether (sulfide) groups is 2. The van der Waals surface area contributed by atoms with Crippen molar-refractivity contribution in [2.75, 3.05) is 17.7 Å². The Kier molecular flexibility index (Phi) is 7.66. The molecule has 0 aliphatic carbocycles. The molecule has 3 aromatic rings. The van der Waals surface area contributed by atoms with Crippen molar-refractivity contribution >= 4 is 41.1 Å². The summed E-state index contributed by atoms with van der Waals surface area (Å²) in [5.41, 5.74) is 4.55. The molecule has 182 valence electrons. The van der Waals surface area contributed by atoms with Crippen molar-refractivity contribution in [3.8, 4) is 5.69 Å². The summed E-state index contributed by atoms with van der Waals surface area (Å²) in [7, 11) is 0. The van der Waals surface area contributed by atoms with E-state index < -0.39 is 5.97 Å². The van der Waals surface area contributed by atoms with Gasteiger partial charge in [-0.1, -0.05) is 24.8 Å². The summed E-state index contributed by atoms with van der Waals surface area (Å²) in [6, 6.07) is 12.5. The number of nitrogens with one attached hydrogen (secondary N) is 1. The smallest absolute Gasteiger partial charge is 0.338 e. The van der Waals surface area contributed by atoms with Crippen LogP contribution in [0.3, 0.4) is 0 Å². The largest absolute Gasteiger partial charge is 0.462 e. The first kappa shape index (κ1) is 25.1. The molecule has 7 nitrogen and oxygen atoms in total. The van der Waals surface area contributed by atoms with E-state index in [1.165, 1.54) is 11.8 Å². The van der Waals surface area contributed by atoms with Crippen molar-refractivity contribution in [3.63, 3.8) is 0 Å². The molecule has 1 atom stereocenters. The lowest BCUT2D eigenvalue weighted by molar-refractivity contribution is -0.113. The number of esters is 1. The Morgan fingerprint density at radius 1 is 1.17 bits per heavy atom. The first-order valence-electron chi connectivity index (χ1n) is 11.4. The predicted octanol–water partition coefficient (Wildman–Crippen LogP) is 4.79. The molecular formula is C26H27N3O4S2. The fraction of sp³-hybridized carbons (Fsp3) is 0.308. The number of hydrogen-bond acceptors (Lipinski definition) is 7. The highest BCUT2D eigenvalue weighted by Gasteiger charge is 2.27. The van der Waals surface area contributed by atoms with Gasteiger partial charge in [0.25, 0.3) is 5.56 Å². The number of amides is 1. The number of ether oxygens (including phenoxy) is 1. The van der Waals surface area contributed by atoms with Gasteiger partial charge in [0.15, 0.2) is 5.16 Å². The molecule has 0 spiro atoms. The van der Waals surface area contributed by atoms with Crippen molar-refractivity contribution < 1.29 is 14.3 Å². The minimum absolute atomic E-state index is 0.0817. The normalized spacial score (nSPS) is 14.5. The second kappa shape index (κ2) is 10.7. The molecule has 0 saturated carbocycles. The number of benzene rings is 2. The number of rotatable bonds is 7. The SMILES string of the molecule is CCOC(=O)c1ccc(NC(=O)CSc2nc3c(c(=O)n2-c2cc(C)cc(C)c2)SC(C)C3)cc1. The van der Waals surface area contributed by atoms with E-state index in [0.29, 0.717) is 33.2 Å². The van der Waals surface area contributed by atoms with Gasteiger partial charge in [0.1, 0.15) is 0 Å². The fourth-order valence-corrected chi connectivity index (χ4v) is 5.86. The Hall–Kier alpha value is -3.04. The van der Waals surface area contributed by atoms with Crippen LogP contribution in [0.15, 0.2) is 57.3 Å². The highest BCUT2D eigenvalue weighted by molar-refractivity contribution is 8.00. The Balaban J connectivity index is 1.55. The summed E-state index contributed by atoms with van der Waals surface area (Å²) in [6.45, 7) is 8.12. The maximum absolute atomic E-state index is 13.5. The zero-order valence-corrected chi connectivity index (χ0v) is 21.7. The molecule has 0 saturated heterocycles. The van der Waals surface area contributed by atoms with Gasteiger partial charge in [-0.2, -0.15) is 0 Å². The predicted molar refractivity (Wildman–Crippen MR) is 140 cm³/mol. The standard InChI is InChI=1S/C26H27N3O4S2/c1-5-33-25(32)18-6-8-19(9-7-18)27-22(30)14-34-26-28-21-13-17(4)35-23(21)24(31)29(26)20-11-15(2)10-16(3)12-20/h6-12,17H,5,13-14H2,1-4H3,(H,27,30). The van der Waals surface area contributed by atoms with Gasteiger partial charge in [0.2, 0.25) is 5.91 Å². The lowest BCUT2D eigenvalue weighted by Crippen LogP contribution is -2.25. The number of hydrogen-bond donors (Lipinski definition) is 1. The van der Waals surface area contributed by atoms with Crippen LogP contribution >= 0.6 is 23.5 Å². The zero-order chi connectivity index (χ0) is 25.1. The molecule has 1 aliphatic heterocycles. The number of fused-ring (bicyclic) bond motifs is 1. The van der Waals surface area contributed by atoms with Gasteiger partial charge < -0.3 is 10.1 Å². The molecule has 0 radical (unpaired) electrons. The second-order valence-electron chi connectivity index (χ2n) is 8.42. The highest BCUT2D eigenvalue weighted by atomic mass is 32.2. The quantitative estimate of drug-likeness (QED) is 0.278. The van der Waals surface area contributed by atoms with Crippen LogP contribution < -0.4 is 10.9 Å². The molecule has 1 N–H and O–H groups in total. The van der Waals surface area contributed by atoms with Gasteiger partial charge in [-0.25, -0.2) is 9.78 Å². The zero-order valence-electron chi connectivity index (χ0n) is 20.1. The third-order valence-electron chi connectivity index (χ3n) is 5.36. The van der Waals surface area contributed by atoms with Crippen LogP contribution in [0.1, 0.15) is 41.0 Å². The molecule has 1 aliphatic rings. The number of anilines is 1. The van der Waals surface area contributed by atoms with E-state index in [0.717, 1.165) is 28.9 Å². The maximum atomic E-state index is 13.5. The maximum Gasteiger partial charge on any atom is 0.338 e. The summed E-state index contributed by atoms with van der Waals surface area (Å²) >= 11 is 2.79. The summed E-state index contributed by atoms with van der Waals surface area (Å²) in [5, 5.41) is 3.62. The molecule has 2 aromatic carbocycles. The number of aryl methyl sites for hydroxylation is 2. The average Bonchev–Trinajstić information content (AvgIpc) is 3.18. The van der Waals surface area contributed by atoms with Gasteiger partial charge in [-0.15, -0.1) is 11.8 Å². The van der Waals surface area contributed by atoms with Crippen molar-refractivity contribution in [2.24, 2.45) is 0 Å². The lowest BCUT2D eigenvalue weighted by atomic mass is 10.1. The van der Waals surface area contributed by atoms with Gasteiger partial charge in [0.05, 0.1) is 34.2 Å². The van der Waals surface area contributed by atoms with E-state index in [1.54, 1.807) is 47.5 Å². The number of carbonyl (C=O) groups is 2. The Labute approximate surface area is 212 Å². The topological polar surface area (TPSA) is 90.3 Å². The van der Waals surface area contributed by atoms with E-state index in [1.807, 2.05) is 26.0 Å². The third-order valence-corrected chi connectivity index (χ3v) is 7.51. The fourth-order valence-electron chi connectivity index (χ4n) is 3.94. The van der Waals surface area contributed by atoms with Gasteiger partial charge in [-0.3, -0.25) is 14.2 Å². The van der Waals surface area contributed by atoms with Crippen LogP contribution in [0, 0.1) is 13.8 Å². The molecular weight excluding hydrogens is 482 g/mol. The van der Waals surface area contributed by atoms with Crippen LogP contribution in [-0.2, 0) is 16.0 Å². The number of nitrogens with zero attached hydrogens (tertiary/aromatic N) is 2.